The van der Waals surface area contributed by atoms with Gasteiger partial charge in [-0.3, -0.25) is 9.59 Å². The second-order valence-electron chi connectivity index (χ2n) is 6.66. The summed E-state index contributed by atoms with van der Waals surface area (Å²) >= 11 is 1.13. The number of hydrogen-bond donors (Lipinski definition) is 0. The predicted molar refractivity (Wildman–Crippen MR) is 109 cm³/mol. The number of thioether (sulfide) groups is 1. The van der Waals surface area contributed by atoms with Gasteiger partial charge in [0.1, 0.15) is 22.4 Å². The first-order valence-electron chi connectivity index (χ1n) is 9.00. The van der Waals surface area contributed by atoms with Gasteiger partial charge in [-0.1, -0.05) is 12.1 Å². The predicted octanol–water partition coefficient (Wildman–Crippen LogP) is 4.77. The van der Waals surface area contributed by atoms with Crippen molar-refractivity contribution in [2.75, 3.05) is 12.0 Å². The van der Waals surface area contributed by atoms with Crippen LogP contribution in [0.25, 0.3) is 0 Å². The van der Waals surface area contributed by atoms with Gasteiger partial charge in [-0.05, 0) is 36.8 Å². The topological polar surface area (TPSA) is 59.5 Å². The van der Waals surface area contributed by atoms with E-state index in [0.717, 1.165) is 22.7 Å². The summed E-state index contributed by atoms with van der Waals surface area (Å²) in [6.45, 7) is 1.72. The van der Waals surface area contributed by atoms with Crippen LogP contribution >= 0.6 is 11.8 Å². The molecule has 8 heteroatoms. The van der Waals surface area contributed by atoms with Crippen molar-refractivity contribution in [2.45, 2.75) is 17.7 Å². The van der Waals surface area contributed by atoms with Crippen molar-refractivity contribution in [3.8, 4) is 5.75 Å². The number of amides is 2. The number of fused-ring (bicyclic) bond motifs is 1. The van der Waals surface area contributed by atoms with Gasteiger partial charge in [-0.2, -0.15) is 0 Å². The third kappa shape index (κ3) is 3.54. The summed E-state index contributed by atoms with van der Waals surface area (Å²) < 4.78 is 32.3. The van der Waals surface area contributed by atoms with E-state index in [4.69, 9.17) is 4.74 Å². The van der Waals surface area contributed by atoms with Gasteiger partial charge in [0, 0.05) is 23.6 Å². The molecule has 2 heterocycles. The molecule has 0 spiro atoms. The lowest BCUT2D eigenvalue weighted by Crippen LogP contribution is -2.29. The second-order valence-corrected chi connectivity index (χ2v) is 7.63. The molecule has 2 aromatic carbocycles. The Balaban J connectivity index is 1.70. The van der Waals surface area contributed by atoms with E-state index in [1.54, 1.807) is 37.3 Å². The molecule has 0 bridgehead atoms. The van der Waals surface area contributed by atoms with E-state index < -0.39 is 23.4 Å². The summed E-state index contributed by atoms with van der Waals surface area (Å²) in [6, 6.07) is 11.5. The number of hydrogen-bond acceptors (Lipinski definition) is 5. The van der Waals surface area contributed by atoms with Crippen molar-refractivity contribution in [3.63, 3.8) is 0 Å². The standard InChI is InChI=1S/C22H16F2N2O3S/c1-12-8-17-19(20(25-12)30-11-13-6-7-14(23)9-18(13)24)22(28)26(21(17)27)15-4-3-5-16(10-15)29-2/h3-10H,11H2,1-2H3. The molecular formula is C22H16F2N2O3S. The number of methoxy groups -OCH3 is 1. The summed E-state index contributed by atoms with van der Waals surface area (Å²) in [5, 5.41) is 0.331. The molecule has 0 N–H and O–H groups in total. The third-order valence-corrected chi connectivity index (χ3v) is 5.68. The summed E-state index contributed by atoms with van der Waals surface area (Å²) in [6.07, 6.45) is 0. The SMILES string of the molecule is COc1cccc(N2C(=O)c3cc(C)nc(SCc4ccc(F)cc4F)c3C2=O)c1. The second kappa shape index (κ2) is 7.87. The first-order chi connectivity index (χ1) is 14.4. The minimum absolute atomic E-state index is 0.135. The molecule has 0 saturated carbocycles. The Morgan fingerprint density at radius 1 is 1.07 bits per heavy atom. The van der Waals surface area contributed by atoms with Crippen LogP contribution < -0.4 is 9.64 Å². The van der Waals surface area contributed by atoms with Crippen LogP contribution in [0.5, 0.6) is 5.75 Å². The van der Waals surface area contributed by atoms with Crippen LogP contribution in [0.15, 0.2) is 53.6 Å². The largest absolute Gasteiger partial charge is 0.497 e. The Hall–Kier alpha value is -3.26. The number of carbonyl (C=O) groups excluding carboxylic acids is 2. The number of imide groups is 1. The molecule has 30 heavy (non-hydrogen) atoms. The minimum Gasteiger partial charge on any atom is -0.497 e. The van der Waals surface area contributed by atoms with Gasteiger partial charge in [0.2, 0.25) is 0 Å². The molecule has 5 nitrogen and oxygen atoms in total. The summed E-state index contributed by atoms with van der Waals surface area (Å²) in [5.74, 6) is -1.64. The Morgan fingerprint density at radius 2 is 1.87 bits per heavy atom. The zero-order chi connectivity index (χ0) is 21.4. The monoisotopic (exact) mass is 426 g/mol. The van der Waals surface area contributed by atoms with Crippen molar-refractivity contribution in [2.24, 2.45) is 0 Å². The Morgan fingerprint density at radius 3 is 2.60 bits per heavy atom. The van der Waals surface area contributed by atoms with Gasteiger partial charge in [0.15, 0.2) is 0 Å². The maximum Gasteiger partial charge on any atom is 0.268 e. The maximum atomic E-state index is 14.0. The van der Waals surface area contributed by atoms with E-state index in [2.05, 4.69) is 4.98 Å². The number of pyridine rings is 1. The Bertz CT molecular complexity index is 1180. The van der Waals surface area contributed by atoms with Crippen LogP contribution in [-0.4, -0.2) is 23.9 Å². The average Bonchev–Trinajstić information content (AvgIpc) is 2.97. The van der Waals surface area contributed by atoms with Crippen LogP contribution in [0.4, 0.5) is 14.5 Å². The highest BCUT2D eigenvalue weighted by Crippen LogP contribution is 2.36. The fourth-order valence-corrected chi connectivity index (χ4v) is 4.29. The zero-order valence-electron chi connectivity index (χ0n) is 16.1. The van der Waals surface area contributed by atoms with Crippen molar-refractivity contribution in [1.29, 1.82) is 0 Å². The number of aromatic nitrogens is 1. The molecule has 0 unspecified atom stereocenters. The van der Waals surface area contributed by atoms with Gasteiger partial charge in [-0.15, -0.1) is 11.8 Å². The van der Waals surface area contributed by atoms with Crippen LogP contribution in [0.1, 0.15) is 32.0 Å². The lowest BCUT2D eigenvalue weighted by Gasteiger charge is -2.14. The molecule has 1 aromatic heterocycles. The lowest BCUT2D eigenvalue weighted by molar-refractivity contribution is 0.0925. The Labute approximate surface area is 175 Å². The average molecular weight is 426 g/mol. The highest BCUT2D eigenvalue weighted by atomic mass is 32.2. The van der Waals surface area contributed by atoms with Crippen molar-refractivity contribution in [3.05, 3.63) is 82.5 Å². The lowest BCUT2D eigenvalue weighted by atomic mass is 10.1. The van der Waals surface area contributed by atoms with Gasteiger partial charge < -0.3 is 4.74 Å². The van der Waals surface area contributed by atoms with Gasteiger partial charge in [0.25, 0.3) is 11.8 Å². The van der Waals surface area contributed by atoms with E-state index in [-0.39, 0.29) is 22.4 Å². The van der Waals surface area contributed by atoms with Crippen LogP contribution in [-0.2, 0) is 5.75 Å². The molecule has 4 rings (SSSR count). The molecule has 0 saturated heterocycles. The van der Waals surface area contributed by atoms with E-state index in [1.165, 1.54) is 19.2 Å². The molecule has 152 valence electrons. The summed E-state index contributed by atoms with van der Waals surface area (Å²) in [4.78, 5) is 31.6. The quantitative estimate of drug-likeness (QED) is 0.435. The van der Waals surface area contributed by atoms with Crippen molar-refractivity contribution >= 4 is 29.3 Å². The molecule has 0 radical (unpaired) electrons. The van der Waals surface area contributed by atoms with E-state index in [1.807, 2.05) is 0 Å². The van der Waals surface area contributed by atoms with Crippen LogP contribution in [0.3, 0.4) is 0 Å². The summed E-state index contributed by atoms with van der Waals surface area (Å²) in [5.41, 5.74) is 1.65. The number of anilines is 1. The fourth-order valence-electron chi connectivity index (χ4n) is 3.22. The normalized spacial score (nSPS) is 13.0. The molecule has 1 aliphatic heterocycles. The van der Waals surface area contributed by atoms with Crippen LogP contribution in [0, 0.1) is 18.6 Å². The molecule has 2 amide bonds. The Kier molecular flexibility index (Phi) is 5.26. The van der Waals surface area contributed by atoms with Gasteiger partial charge in [0.05, 0.1) is 23.9 Å². The number of ether oxygens (including phenoxy) is 1. The zero-order valence-corrected chi connectivity index (χ0v) is 16.9. The highest BCUT2D eigenvalue weighted by molar-refractivity contribution is 7.98. The fraction of sp³-hybridized carbons (Fsp3) is 0.136. The maximum absolute atomic E-state index is 14.0. The molecule has 0 fully saturated rings. The van der Waals surface area contributed by atoms with Crippen molar-refractivity contribution in [1.82, 2.24) is 4.98 Å². The highest BCUT2D eigenvalue weighted by Gasteiger charge is 2.39. The summed E-state index contributed by atoms with van der Waals surface area (Å²) in [7, 11) is 1.50. The number of rotatable bonds is 5. The third-order valence-electron chi connectivity index (χ3n) is 4.66. The van der Waals surface area contributed by atoms with Gasteiger partial charge >= 0.3 is 0 Å². The number of nitrogens with zero attached hydrogens (tertiary/aromatic N) is 2. The molecule has 3 aromatic rings. The molecule has 0 aliphatic carbocycles. The van der Waals surface area contributed by atoms with E-state index in [0.29, 0.717) is 22.2 Å². The van der Waals surface area contributed by atoms with E-state index in [9.17, 15) is 18.4 Å². The van der Waals surface area contributed by atoms with Crippen LogP contribution in [0.2, 0.25) is 0 Å². The van der Waals surface area contributed by atoms with Gasteiger partial charge in [-0.25, -0.2) is 18.7 Å². The number of benzene rings is 2. The van der Waals surface area contributed by atoms with Crippen molar-refractivity contribution < 1.29 is 23.1 Å². The molecular weight excluding hydrogens is 410 g/mol. The minimum atomic E-state index is -0.674. The molecule has 1 aliphatic rings. The number of aryl methyl sites for hydroxylation is 1. The first-order valence-corrected chi connectivity index (χ1v) is 9.99. The number of carbonyl (C=O) groups is 2. The van der Waals surface area contributed by atoms with E-state index >= 15 is 0 Å². The smallest absolute Gasteiger partial charge is 0.268 e. The molecule has 0 atom stereocenters. The first kappa shape index (κ1) is 20.0. The number of halogens is 2.